The smallest absolute Gasteiger partial charge is 0.248 e. The van der Waals surface area contributed by atoms with Crippen LogP contribution >= 0.6 is 0 Å². The largest absolute Gasteiger partial charge is 0.332 e. The second kappa shape index (κ2) is 3.43. The van der Waals surface area contributed by atoms with Crippen molar-refractivity contribution < 1.29 is 9.59 Å². The summed E-state index contributed by atoms with van der Waals surface area (Å²) >= 11 is 0. The summed E-state index contributed by atoms with van der Waals surface area (Å²) in [7, 11) is 5.23. The molecule has 2 amide bonds. The van der Waals surface area contributed by atoms with Crippen molar-refractivity contribution in [1.82, 2.24) is 4.81 Å². The Morgan fingerprint density at radius 2 is 1.85 bits per heavy atom. The highest BCUT2D eigenvalue weighted by molar-refractivity contribution is 6.38. The summed E-state index contributed by atoms with van der Waals surface area (Å²) in [6.45, 7) is 5.13. The van der Waals surface area contributed by atoms with Crippen LogP contribution in [-0.2, 0) is 9.59 Å². The van der Waals surface area contributed by atoms with Crippen molar-refractivity contribution in [2.24, 2.45) is 0 Å². The number of carbonyl (C=O) groups is 2. The SMILES string of the molecule is [B]N1C(=O)C(=C/C)/C(=C\C=C)C1=O. The maximum atomic E-state index is 11.3. The standard InChI is InChI=1S/C9H8BNO2/c1-3-5-7-6(4-2)8(12)11(10)9(7)13/h3-5H,1H2,2H3/b6-4+,7-5+. The molecule has 0 bridgehead atoms. The predicted octanol–water partition coefficient (Wildman–Crippen LogP) is 0.497. The number of allylic oxidation sites excluding steroid dienone is 3. The van der Waals surface area contributed by atoms with Crippen LogP contribution in [0.4, 0.5) is 0 Å². The summed E-state index contributed by atoms with van der Waals surface area (Å²) in [6.07, 6.45) is 4.48. The van der Waals surface area contributed by atoms with E-state index in [1.54, 1.807) is 13.0 Å². The van der Waals surface area contributed by atoms with Gasteiger partial charge in [-0.1, -0.05) is 18.7 Å². The van der Waals surface area contributed by atoms with Crippen LogP contribution in [0, 0.1) is 0 Å². The Morgan fingerprint density at radius 3 is 2.31 bits per heavy atom. The van der Waals surface area contributed by atoms with Crippen molar-refractivity contribution >= 4 is 19.8 Å². The van der Waals surface area contributed by atoms with E-state index in [4.69, 9.17) is 7.98 Å². The van der Waals surface area contributed by atoms with Crippen LogP contribution in [0.1, 0.15) is 6.92 Å². The minimum Gasteiger partial charge on any atom is -0.332 e. The average Bonchev–Trinajstić information content (AvgIpc) is 2.32. The van der Waals surface area contributed by atoms with Gasteiger partial charge in [-0.25, -0.2) is 0 Å². The molecule has 2 radical (unpaired) electrons. The van der Waals surface area contributed by atoms with E-state index in [-0.39, 0.29) is 0 Å². The van der Waals surface area contributed by atoms with E-state index in [0.29, 0.717) is 16.0 Å². The van der Waals surface area contributed by atoms with Gasteiger partial charge in [0.05, 0.1) is 5.57 Å². The van der Waals surface area contributed by atoms with E-state index in [1.165, 1.54) is 12.2 Å². The van der Waals surface area contributed by atoms with Crippen molar-refractivity contribution in [3.8, 4) is 0 Å². The summed E-state index contributed by atoms with van der Waals surface area (Å²) in [5.74, 6) is -0.960. The Bertz CT molecular complexity index is 342. The van der Waals surface area contributed by atoms with Gasteiger partial charge < -0.3 is 4.81 Å². The van der Waals surface area contributed by atoms with Gasteiger partial charge in [-0.3, -0.25) is 9.59 Å². The Labute approximate surface area is 77.8 Å². The Morgan fingerprint density at radius 1 is 1.31 bits per heavy atom. The van der Waals surface area contributed by atoms with Crippen molar-refractivity contribution in [3.05, 3.63) is 36.0 Å². The molecule has 0 spiro atoms. The maximum absolute atomic E-state index is 11.3. The second-order valence-electron chi connectivity index (χ2n) is 2.50. The van der Waals surface area contributed by atoms with Gasteiger partial charge in [-0.2, -0.15) is 0 Å². The van der Waals surface area contributed by atoms with E-state index in [9.17, 15) is 9.59 Å². The van der Waals surface area contributed by atoms with E-state index < -0.39 is 11.8 Å². The molecule has 0 aromatic carbocycles. The summed E-state index contributed by atoms with van der Waals surface area (Å²) in [5.41, 5.74) is 0.623. The number of hydrogen-bond donors (Lipinski definition) is 0. The Balaban J connectivity index is 3.24. The molecule has 0 aliphatic carbocycles. The third kappa shape index (κ3) is 1.35. The van der Waals surface area contributed by atoms with Gasteiger partial charge >= 0.3 is 0 Å². The first-order valence-corrected chi connectivity index (χ1v) is 3.76. The zero-order valence-electron chi connectivity index (χ0n) is 7.28. The maximum Gasteiger partial charge on any atom is 0.248 e. The minimum absolute atomic E-state index is 0.296. The molecule has 1 aliphatic rings. The highest BCUT2D eigenvalue weighted by Crippen LogP contribution is 2.22. The van der Waals surface area contributed by atoms with Crippen molar-refractivity contribution in [2.75, 3.05) is 0 Å². The molecule has 0 aromatic heterocycles. The molecular weight excluding hydrogens is 165 g/mol. The molecule has 1 aliphatic heterocycles. The zero-order valence-corrected chi connectivity index (χ0v) is 7.28. The zero-order chi connectivity index (χ0) is 10.0. The van der Waals surface area contributed by atoms with E-state index in [0.717, 1.165) is 0 Å². The van der Waals surface area contributed by atoms with E-state index in [2.05, 4.69) is 6.58 Å². The van der Waals surface area contributed by atoms with Crippen LogP contribution < -0.4 is 0 Å². The van der Waals surface area contributed by atoms with Gasteiger partial charge in [0.1, 0.15) is 0 Å². The fourth-order valence-corrected chi connectivity index (χ4v) is 1.14. The highest BCUT2D eigenvalue weighted by atomic mass is 16.2. The Kier molecular flexibility index (Phi) is 2.51. The van der Waals surface area contributed by atoms with Gasteiger partial charge in [0.15, 0.2) is 0 Å². The first kappa shape index (κ1) is 9.51. The number of imide groups is 1. The van der Waals surface area contributed by atoms with Crippen LogP contribution in [0.15, 0.2) is 36.0 Å². The molecule has 13 heavy (non-hydrogen) atoms. The van der Waals surface area contributed by atoms with Crippen LogP contribution in [-0.4, -0.2) is 24.6 Å². The van der Waals surface area contributed by atoms with Gasteiger partial charge in [-0.05, 0) is 13.0 Å². The summed E-state index contributed by atoms with van der Waals surface area (Å²) < 4.78 is 0. The molecule has 0 saturated carbocycles. The van der Waals surface area contributed by atoms with Crippen molar-refractivity contribution in [3.63, 3.8) is 0 Å². The molecule has 3 nitrogen and oxygen atoms in total. The number of rotatable bonds is 1. The predicted molar refractivity (Wildman–Crippen MR) is 49.6 cm³/mol. The van der Waals surface area contributed by atoms with Crippen molar-refractivity contribution in [2.45, 2.75) is 6.92 Å². The highest BCUT2D eigenvalue weighted by Gasteiger charge is 2.34. The van der Waals surface area contributed by atoms with Crippen LogP contribution in [0.3, 0.4) is 0 Å². The van der Waals surface area contributed by atoms with Gasteiger partial charge in [-0.15, -0.1) is 0 Å². The first-order valence-electron chi connectivity index (χ1n) is 3.76. The summed E-state index contributed by atoms with van der Waals surface area (Å²) in [5, 5.41) is 0. The molecule has 4 heteroatoms. The topological polar surface area (TPSA) is 37.4 Å². The molecular formula is C9H8BNO2. The van der Waals surface area contributed by atoms with Crippen LogP contribution in [0.5, 0.6) is 0 Å². The number of carbonyl (C=O) groups excluding carboxylic acids is 2. The van der Waals surface area contributed by atoms with E-state index >= 15 is 0 Å². The minimum atomic E-state index is -0.488. The molecule has 0 aromatic rings. The molecule has 0 atom stereocenters. The lowest BCUT2D eigenvalue weighted by molar-refractivity contribution is -0.130. The van der Waals surface area contributed by atoms with Gasteiger partial charge in [0.25, 0.3) is 0 Å². The summed E-state index contributed by atoms with van der Waals surface area (Å²) in [6, 6.07) is 0. The molecule has 1 saturated heterocycles. The van der Waals surface area contributed by atoms with Crippen LogP contribution in [0.2, 0.25) is 0 Å². The normalized spacial score (nSPS) is 23.3. The monoisotopic (exact) mass is 173 g/mol. The molecule has 0 N–H and O–H groups in total. The quantitative estimate of drug-likeness (QED) is 0.329. The average molecular weight is 173 g/mol. The lowest BCUT2D eigenvalue weighted by Crippen LogP contribution is -2.26. The Hall–Kier alpha value is -1.58. The van der Waals surface area contributed by atoms with Crippen molar-refractivity contribution in [1.29, 1.82) is 0 Å². The molecule has 1 fully saturated rings. The number of amides is 2. The lowest BCUT2D eigenvalue weighted by Gasteiger charge is -2.02. The second-order valence-corrected chi connectivity index (χ2v) is 2.50. The molecule has 64 valence electrons. The fraction of sp³-hybridized carbons (Fsp3) is 0.111. The molecule has 1 rings (SSSR count). The van der Waals surface area contributed by atoms with Gasteiger partial charge in [0.2, 0.25) is 19.8 Å². The fourth-order valence-electron chi connectivity index (χ4n) is 1.14. The lowest BCUT2D eigenvalue weighted by atomic mass is 10.1. The third-order valence-corrected chi connectivity index (χ3v) is 1.76. The first-order chi connectivity index (χ1) is 6.13. The summed E-state index contributed by atoms with van der Waals surface area (Å²) in [4.78, 5) is 23.2. The number of hydrogen-bond acceptors (Lipinski definition) is 2. The third-order valence-electron chi connectivity index (χ3n) is 1.76. The molecule has 1 heterocycles. The molecule has 0 unspecified atom stereocenters. The van der Waals surface area contributed by atoms with Crippen LogP contribution in [0.25, 0.3) is 0 Å². The number of nitrogens with zero attached hydrogens (tertiary/aromatic N) is 1. The van der Waals surface area contributed by atoms with E-state index in [1.807, 2.05) is 0 Å². The van der Waals surface area contributed by atoms with Gasteiger partial charge in [0, 0.05) is 5.57 Å².